The molecule has 0 bridgehead atoms. The van der Waals surface area contributed by atoms with E-state index in [1.54, 1.807) is 0 Å². The second kappa shape index (κ2) is 2.44. The monoisotopic (exact) mass is 118 g/mol. The summed E-state index contributed by atoms with van der Waals surface area (Å²) in [6, 6.07) is 0. The van der Waals surface area contributed by atoms with E-state index in [2.05, 4.69) is 0 Å². The largest absolute Gasteiger partial charge is 0.378 e. The Kier molecular flexibility index (Phi) is 1.84. The molecule has 1 fully saturated rings. The topological polar surface area (TPSA) is 9.23 Å². The van der Waals surface area contributed by atoms with Crippen LogP contribution in [0.1, 0.15) is 13.3 Å². The number of ether oxygens (including phenoxy) is 1. The van der Waals surface area contributed by atoms with Gasteiger partial charge in [0, 0.05) is 5.92 Å². The van der Waals surface area contributed by atoms with Gasteiger partial charge >= 0.3 is 0 Å². The normalized spacial score (nSPS) is 38.2. The number of hydrogen-bond acceptors (Lipinski definition) is 1. The zero-order chi connectivity index (χ0) is 5.98. The molecular formula is C6H11FO. The lowest BCUT2D eigenvalue weighted by atomic mass is 10.1. The summed E-state index contributed by atoms with van der Waals surface area (Å²) in [7, 11) is 0. The number of hydrogen-bond donors (Lipinski definition) is 0. The zero-order valence-electron chi connectivity index (χ0n) is 5.06. The van der Waals surface area contributed by atoms with Crippen molar-refractivity contribution in [3.05, 3.63) is 0 Å². The quantitative estimate of drug-likeness (QED) is 0.505. The second-order valence-electron chi connectivity index (χ2n) is 2.40. The average molecular weight is 118 g/mol. The highest BCUT2D eigenvalue weighted by molar-refractivity contribution is 4.68. The van der Waals surface area contributed by atoms with E-state index in [1.807, 2.05) is 6.92 Å². The molecule has 0 spiro atoms. The van der Waals surface area contributed by atoms with Crippen molar-refractivity contribution < 1.29 is 9.13 Å². The molecule has 1 heterocycles. The van der Waals surface area contributed by atoms with Gasteiger partial charge in [-0.2, -0.15) is 0 Å². The first-order valence-corrected chi connectivity index (χ1v) is 3.00. The van der Waals surface area contributed by atoms with Gasteiger partial charge in [0.25, 0.3) is 0 Å². The van der Waals surface area contributed by atoms with Crippen LogP contribution < -0.4 is 0 Å². The summed E-state index contributed by atoms with van der Waals surface area (Å²) in [4.78, 5) is 0. The van der Waals surface area contributed by atoms with Gasteiger partial charge in [0.2, 0.25) is 0 Å². The summed E-state index contributed by atoms with van der Waals surface area (Å²) < 4.78 is 16.9. The van der Waals surface area contributed by atoms with Crippen molar-refractivity contribution in [2.45, 2.75) is 19.4 Å². The fraction of sp³-hybridized carbons (Fsp3) is 1.00. The summed E-state index contributed by atoms with van der Waals surface area (Å²) in [6.45, 7) is 2.39. The molecule has 1 aliphatic rings. The fourth-order valence-corrected chi connectivity index (χ4v) is 1.01. The smallest absolute Gasteiger partial charge is 0.0945 e. The molecule has 1 aliphatic heterocycles. The van der Waals surface area contributed by atoms with E-state index in [4.69, 9.17) is 4.74 Å². The van der Waals surface area contributed by atoms with Gasteiger partial charge in [-0.15, -0.1) is 0 Å². The average Bonchev–Trinajstić information content (AvgIpc) is 2.14. The summed E-state index contributed by atoms with van der Waals surface area (Å²) in [5.41, 5.74) is 0. The molecule has 48 valence electrons. The van der Waals surface area contributed by atoms with Crippen molar-refractivity contribution in [1.82, 2.24) is 0 Å². The predicted octanol–water partition coefficient (Wildman–Crippen LogP) is 1.38. The van der Waals surface area contributed by atoms with Crippen LogP contribution in [0.5, 0.6) is 0 Å². The van der Waals surface area contributed by atoms with Crippen LogP contribution in [0.2, 0.25) is 0 Å². The standard InChI is InChI=1S/C6H11FO/c1-5-2-6(3-7)4-8-5/h5-6H,2-4H2,1H3. The molecule has 0 aromatic carbocycles. The van der Waals surface area contributed by atoms with Gasteiger partial charge in [-0.25, -0.2) is 0 Å². The maximum Gasteiger partial charge on any atom is 0.0945 e. The van der Waals surface area contributed by atoms with Crippen molar-refractivity contribution in [2.75, 3.05) is 13.3 Å². The van der Waals surface area contributed by atoms with E-state index in [9.17, 15) is 4.39 Å². The third kappa shape index (κ3) is 1.19. The number of halogens is 1. The van der Waals surface area contributed by atoms with E-state index in [0.29, 0.717) is 6.61 Å². The Morgan fingerprint density at radius 3 is 2.75 bits per heavy atom. The van der Waals surface area contributed by atoms with Crippen molar-refractivity contribution >= 4 is 0 Å². The van der Waals surface area contributed by atoms with E-state index in [1.165, 1.54) is 0 Å². The molecule has 0 N–H and O–H groups in total. The highest BCUT2D eigenvalue weighted by Gasteiger charge is 2.20. The molecule has 8 heavy (non-hydrogen) atoms. The summed E-state index contributed by atoms with van der Waals surface area (Å²) in [5.74, 6) is 0.185. The lowest BCUT2D eigenvalue weighted by Gasteiger charge is -1.96. The number of alkyl halides is 1. The molecule has 0 saturated carbocycles. The molecule has 2 heteroatoms. The van der Waals surface area contributed by atoms with Crippen LogP contribution in [0.25, 0.3) is 0 Å². The maximum atomic E-state index is 11.8. The van der Waals surface area contributed by atoms with Crippen LogP contribution in [-0.4, -0.2) is 19.4 Å². The third-order valence-corrected chi connectivity index (χ3v) is 1.50. The maximum absolute atomic E-state index is 11.8. The molecule has 0 aromatic heterocycles. The molecule has 0 aliphatic carbocycles. The van der Waals surface area contributed by atoms with Crippen LogP contribution in [-0.2, 0) is 4.74 Å². The molecule has 2 atom stereocenters. The first-order valence-electron chi connectivity index (χ1n) is 3.00. The van der Waals surface area contributed by atoms with E-state index in [0.717, 1.165) is 6.42 Å². The Morgan fingerprint density at radius 2 is 2.50 bits per heavy atom. The fourth-order valence-electron chi connectivity index (χ4n) is 1.01. The highest BCUT2D eigenvalue weighted by Crippen LogP contribution is 2.18. The second-order valence-corrected chi connectivity index (χ2v) is 2.40. The lowest BCUT2D eigenvalue weighted by Crippen LogP contribution is -2.00. The Morgan fingerprint density at radius 1 is 1.75 bits per heavy atom. The van der Waals surface area contributed by atoms with Gasteiger partial charge in [0.1, 0.15) is 0 Å². The minimum atomic E-state index is -0.218. The molecule has 0 aromatic rings. The van der Waals surface area contributed by atoms with Gasteiger partial charge < -0.3 is 4.74 Å². The molecule has 1 rings (SSSR count). The van der Waals surface area contributed by atoms with Crippen molar-refractivity contribution in [3.8, 4) is 0 Å². The summed E-state index contributed by atoms with van der Waals surface area (Å²) in [6.07, 6.45) is 1.19. The molecule has 1 nitrogen and oxygen atoms in total. The van der Waals surface area contributed by atoms with E-state index < -0.39 is 0 Å². The summed E-state index contributed by atoms with van der Waals surface area (Å²) >= 11 is 0. The van der Waals surface area contributed by atoms with Crippen LogP contribution in [0, 0.1) is 5.92 Å². The van der Waals surface area contributed by atoms with Crippen LogP contribution in [0.4, 0.5) is 4.39 Å². The van der Waals surface area contributed by atoms with Crippen LogP contribution in [0.15, 0.2) is 0 Å². The minimum Gasteiger partial charge on any atom is -0.378 e. The Labute approximate surface area is 48.8 Å². The minimum absolute atomic E-state index is 0.185. The Hall–Kier alpha value is -0.110. The number of rotatable bonds is 1. The lowest BCUT2D eigenvalue weighted by molar-refractivity contribution is 0.118. The molecule has 0 amide bonds. The highest BCUT2D eigenvalue weighted by atomic mass is 19.1. The van der Waals surface area contributed by atoms with Gasteiger partial charge in [-0.05, 0) is 13.3 Å². The van der Waals surface area contributed by atoms with Gasteiger partial charge in [0.15, 0.2) is 0 Å². The van der Waals surface area contributed by atoms with Crippen LogP contribution >= 0.6 is 0 Å². The molecule has 0 radical (unpaired) electrons. The van der Waals surface area contributed by atoms with Crippen molar-refractivity contribution in [2.24, 2.45) is 5.92 Å². The first-order chi connectivity index (χ1) is 3.83. The Bertz CT molecular complexity index is 74.9. The van der Waals surface area contributed by atoms with Crippen LogP contribution in [0.3, 0.4) is 0 Å². The van der Waals surface area contributed by atoms with E-state index in [-0.39, 0.29) is 18.7 Å². The molecule has 2 unspecified atom stereocenters. The predicted molar refractivity (Wildman–Crippen MR) is 29.5 cm³/mol. The molecular weight excluding hydrogens is 107 g/mol. The molecule has 1 saturated heterocycles. The van der Waals surface area contributed by atoms with E-state index >= 15 is 0 Å². The van der Waals surface area contributed by atoms with Gasteiger partial charge in [-0.1, -0.05) is 0 Å². The van der Waals surface area contributed by atoms with Gasteiger partial charge in [0.05, 0.1) is 19.4 Å². The SMILES string of the molecule is CC1CC(CF)CO1. The van der Waals surface area contributed by atoms with Gasteiger partial charge in [-0.3, -0.25) is 4.39 Å². The van der Waals surface area contributed by atoms with Crippen molar-refractivity contribution in [1.29, 1.82) is 0 Å². The summed E-state index contributed by atoms with van der Waals surface area (Å²) in [5, 5.41) is 0. The van der Waals surface area contributed by atoms with Crippen molar-refractivity contribution in [3.63, 3.8) is 0 Å². The zero-order valence-corrected chi connectivity index (χ0v) is 5.06. The Balaban J connectivity index is 2.22. The first kappa shape index (κ1) is 6.02. The third-order valence-electron chi connectivity index (χ3n) is 1.50.